The number of aryl methyl sites for hydroxylation is 1. The van der Waals surface area contributed by atoms with E-state index in [4.69, 9.17) is 0 Å². The normalized spacial score (nSPS) is 22.2. The molecule has 2 aliphatic heterocycles. The number of piperazine rings is 1. The summed E-state index contributed by atoms with van der Waals surface area (Å²) < 4.78 is 13.6. The van der Waals surface area contributed by atoms with Crippen LogP contribution in [-0.2, 0) is 11.3 Å². The van der Waals surface area contributed by atoms with E-state index in [1.165, 1.54) is 44.0 Å². The van der Waals surface area contributed by atoms with Crippen LogP contribution in [0.15, 0.2) is 42.5 Å². The molecule has 0 spiro atoms. The third-order valence-corrected chi connectivity index (χ3v) is 5.52. The van der Waals surface area contributed by atoms with E-state index in [0.717, 1.165) is 32.7 Å². The van der Waals surface area contributed by atoms with Crippen molar-refractivity contribution in [2.45, 2.75) is 13.5 Å². The molecule has 2 aromatic rings. The molecule has 0 bridgehead atoms. The Bertz CT molecular complexity index is 891. The van der Waals surface area contributed by atoms with Gasteiger partial charge in [0.2, 0.25) is 0 Å². The van der Waals surface area contributed by atoms with Gasteiger partial charge in [-0.3, -0.25) is 14.5 Å². The minimum atomic E-state index is -0.544. The first-order valence-corrected chi connectivity index (χ1v) is 9.39. The molecule has 2 N–H and O–H groups in total. The van der Waals surface area contributed by atoms with Crippen molar-refractivity contribution in [2.24, 2.45) is 0 Å². The Kier molecular flexibility index (Phi) is 4.76. The topological polar surface area (TPSA) is 46.3 Å². The van der Waals surface area contributed by atoms with Crippen LogP contribution >= 0.6 is 0 Å². The summed E-state index contributed by atoms with van der Waals surface area (Å²) in [4.78, 5) is 28.7. The van der Waals surface area contributed by atoms with Gasteiger partial charge in [-0.15, -0.1) is 0 Å². The number of nitrogens with one attached hydrogen (secondary N) is 2. The number of carbonyl (C=O) groups excluding carboxylic acids is 2. The lowest BCUT2D eigenvalue weighted by Gasteiger charge is -2.32. The number of halogens is 1. The summed E-state index contributed by atoms with van der Waals surface area (Å²) >= 11 is 0. The molecule has 27 heavy (non-hydrogen) atoms. The van der Waals surface area contributed by atoms with E-state index in [2.05, 4.69) is 31.2 Å². The van der Waals surface area contributed by atoms with E-state index in [1.54, 1.807) is 0 Å². The lowest BCUT2D eigenvalue weighted by molar-refractivity contribution is -1.02. The van der Waals surface area contributed by atoms with Gasteiger partial charge in [0.15, 0.2) is 6.67 Å². The van der Waals surface area contributed by atoms with Gasteiger partial charge in [0, 0.05) is 5.56 Å². The molecule has 1 amide bonds. The molecular formula is C21H24FN3O2+2. The van der Waals surface area contributed by atoms with Gasteiger partial charge in [0.25, 0.3) is 5.78 Å². The number of anilines is 1. The zero-order valence-corrected chi connectivity index (χ0v) is 15.4. The van der Waals surface area contributed by atoms with Crippen molar-refractivity contribution in [2.75, 3.05) is 37.7 Å². The van der Waals surface area contributed by atoms with Crippen molar-refractivity contribution in [3.63, 3.8) is 0 Å². The van der Waals surface area contributed by atoms with E-state index in [-0.39, 0.29) is 0 Å². The summed E-state index contributed by atoms with van der Waals surface area (Å²) in [6.45, 7) is 7.39. The summed E-state index contributed by atoms with van der Waals surface area (Å²) in [5.41, 5.74) is 3.34. The zero-order valence-electron chi connectivity index (χ0n) is 15.4. The number of Topliss-reactive ketones (excluding diaryl/α,β-unsaturated/α-hetero) is 1. The molecule has 5 nitrogen and oxygen atoms in total. The highest BCUT2D eigenvalue weighted by molar-refractivity contribution is 6.52. The van der Waals surface area contributed by atoms with Crippen molar-refractivity contribution < 1.29 is 23.8 Å². The third kappa shape index (κ3) is 3.63. The number of carbonyl (C=O) groups is 2. The fraction of sp³-hybridized carbons (Fsp3) is 0.333. The fourth-order valence-corrected chi connectivity index (χ4v) is 4.05. The molecule has 6 heteroatoms. The summed E-state index contributed by atoms with van der Waals surface area (Å²) in [5.74, 6) is -1.51. The van der Waals surface area contributed by atoms with Crippen LogP contribution in [0.3, 0.4) is 0 Å². The van der Waals surface area contributed by atoms with Crippen LogP contribution in [0.5, 0.6) is 0 Å². The van der Waals surface area contributed by atoms with Crippen LogP contribution in [0.1, 0.15) is 21.5 Å². The standard InChI is InChI=1S/C21H22FN3O2/c1-15-3-2-4-16(11-15)13-23-7-9-24(10-8-23)14-25-19-12-17(22)5-6-18(19)20(26)21(25)27/h2-6,11-12H,7-10,13-14H2,1H3/p+2. The second-order valence-electron chi connectivity index (χ2n) is 7.55. The molecule has 2 aromatic carbocycles. The van der Waals surface area contributed by atoms with Gasteiger partial charge in [0.05, 0.1) is 11.3 Å². The van der Waals surface area contributed by atoms with E-state index < -0.39 is 17.5 Å². The molecule has 2 aliphatic rings. The summed E-state index contributed by atoms with van der Waals surface area (Å²) in [6.07, 6.45) is 0. The number of rotatable bonds is 4. The first kappa shape index (κ1) is 17.8. The SMILES string of the molecule is Cc1cccc(C[NH+]2CC[NH+](CN3C(=O)C(=O)c4ccc(F)cc43)CC2)c1. The summed E-state index contributed by atoms with van der Waals surface area (Å²) in [7, 11) is 0. The summed E-state index contributed by atoms with van der Waals surface area (Å²) in [6, 6.07) is 12.5. The van der Waals surface area contributed by atoms with Crippen molar-refractivity contribution >= 4 is 17.4 Å². The number of hydrogen-bond acceptors (Lipinski definition) is 2. The smallest absolute Gasteiger partial charge is 0.303 e. The maximum absolute atomic E-state index is 13.6. The first-order valence-electron chi connectivity index (χ1n) is 9.39. The van der Waals surface area contributed by atoms with Crippen molar-refractivity contribution in [3.05, 3.63) is 65.0 Å². The van der Waals surface area contributed by atoms with Crippen molar-refractivity contribution in [1.82, 2.24) is 0 Å². The van der Waals surface area contributed by atoms with Gasteiger partial charge in [-0.25, -0.2) is 4.39 Å². The predicted molar refractivity (Wildman–Crippen MR) is 99.4 cm³/mol. The molecule has 1 saturated heterocycles. The molecule has 0 saturated carbocycles. The Morgan fingerprint density at radius 2 is 1.74 bits per heavy atom. The Morgan fingerprint density at radius 3 is 2.48 bits per heavy atom. The van der Waals surface area contributed by atoms with E-state index in [0.29, 0.717) is 17.9 Å². The van der Waals surface area contributed by atoms with E-state index in [9.17, 15) is 14.0 Å². The average Bonchev–Trinajstić information content (AvgIpc) is 2.88. The van der Waals surface area contributed by atoms with Crippen LogP contribution in [0.25, 0.3) is 0 Å². The minimum absolute atomic E-state index is 0.310. The number of hydrogen-bond donors (Lipinski definition) is 2. The Hall–Kier alpha value is -2.57. The largest absolute Gasteiger partial charge is 0.322 e. The van der Waals surface area contributed by atoms with Gasteiger partial charge < -0.3 is 9.80 Å². The van der Waals surface area contributed by atoms with Crippen molar-refractivity contribution in [1.29, 1.82) is 0 Å². The Balaban J connectivity index is 1.38. The first-order chi connectivity index (χ1) is 13.0. The number of fused-ring (bicyclic) bond motifs is 1. The third-order valence-electron chi connectivity index (χ3n) is 5.52. The van der Waals surface area contributed by atoms with Crippen LogP contribution in [-0.4, -0.2) is 44.5 Å². The maximum Gasteiger partial charge on any atom is 0.303 e. The van der Waals surface area contributed by atoms with Crippen LogP contribution in [0, 0.1) is 12.7 Å². The molecule has 2 heterocycles. The van der Waals surface area contributed by atoms with Crippen LogP contribution < -0.4 is 14.7 Å². The highest BCUT2D eigenvalue weighted by Crippen LogP contribution is 2.28. The van der Waals surface area contributed by atoms with Gasteiger partial charge in [-0.2, -0.15) is 0 Å². The minimum Gasteiger partial charge on any atom is -0.322 e. The maximum atomic E-state index is 13.6. The molecule has 4 rings (SSSR count). The lowest BCUT2D eigenvalue weighted by atomic mass is 10.1. The second kappa shape index (κ2) is 7.21. The molecule has 0 atom stereocenters. The monoisotopic (exact) mass is 369 g/mol. The van der Waals surface area contributed by atoms with E-state index >= 15 is 0 Å². The van der Waals surface area contributed by atoms with E-state index in [1.807, 2.05) is 0 Å². The second-order valence-corrected chi connectivity index (χ2v) is 7.55. The number of ketones is 1. The number of amides is 1. The summed E-state index contributed by atoms with van der Waals surface area (Å²) in [5, 5.41) is 0. The lowest BCUT2D eigenvalue weighted by Crippen LogP contribution is -3.28. The van der Waals surface area contributed by atoms with Gasteiger partial charge in [-0.1, -0.05) is 29.8 Å². The van der Waals surface area contributed by atoms with Crippen molar-refractivity contribution in [3.8, 4) is 0 Å². The van der Waals surface area contributed by atoms with Gasteiger partial charge in [-0.05, 0) is 25.1 Å². The van der Waals surface area contributed by atoms with Crippen LogP contribution in [0.4, 0.5) is 10.1 Å². The fourth-order valence-electron chi connectivity index (χ4n) is 4.05. The van der Waals surface area contributed by atoms with Gasteiger partial charge in [0.1, 0.15) is 38.5 Å². The Morgan fingerprint density at radius 1 is 1.00 bits per heavy atom. The molecule has 0 radical (unpaired) electrons. The molecular weight excluding hydrogens is 345 g/mol. The van der Waals surface area contributed by atoms with Crippen LogP contribution in [0.2, 0.25) is 0 Å². The molecule has 0 aliphatic carbocycles. The quantitative estimate of drug-likeness (QED) is 0.721. The molecule has 0 aromatic heterocycles. The highest BCUT2D eigenvalue weighted by atomic mass is 19.1. The Labute approximate surface area is 158 Å². The number of nitrogens with zero attached hydrogens (tertiary/aromatic N) is 1. The highest BCUT2D eigenvalue weighted by Gasteiger charge is 2.39. The molecule has 140 valence electrons. The molecule has 1 fully saturated rings. The average molecular weight is 369 g/mol. The van der Waals surface area contributed by atoms with Gasteiger partial charge >= 0.3 is 5.91 Å². The predicted octanol–water partition coefficient (Wildman–Crippen LogP) is -0.395. The zero-order chi connectivity index (χ0) is 19.0. The molecule has 0 unspecified atom stereocenters. The number of quaternary nitrogens is 2. The number of benzene rings is 2.